The number of hydrogen-bond acceptors (Lipinski definition) is 2. The highest BCUT2D eigenvalue weighted by atomic mass is 16.5. The van der Waals surface area contributed by atoms with E-state index in [1.165, 1.54) is 5.56 Å². The maximum atomic E-state index is 12.2. The second kappa shape index (κ2) is 8.23. The van der Waals surface area contributed by atoms with Crippen LogP contribution in [0.2, 0.25) is 0 Å². The first-order chi connectivity index (χ1) is 10.7. The van der Waals surface area contributed by atoms with E-state index in [1.54, 1.807) is 0 Å². The molecule has 2 rings (SSSR count). The number of benzene rings is 2. The Morgan fingerprint density at radius 1 is 1.09 bits per heavy atom. The fourth-order valence-electron chi connectivity index (χ4n) is 2.25. The summed E-state index contributed by atoms with van der Waals surface area (Å²) in [5.74, 6) is 0.717. The van der Waals surface area contributed by atoms with E-state index in [1.807, 2.05) is 56.3 Å². The van der Waals surface area contributed by atoms with Gasteiger partial charge in [0.25, 0.3) is 5.91 Å². The molecule has 116 valence electrons. The molecular weight excluding hydrogens is 274 g/mol. The first-order valence-corrected chi connectivity index (χ1v) is 7.74. The van der Waals surface area contributed by atoms with Gasteiger partial charge in [0.1, 0.15) is 5.75 Å². The summed E-state index contributed by atoms with van der Waals surface area (Å²) in [4.78, 5) is 12.2. The number of rotatable bonds is 7. The van der Waals surface area contributed by atoms with E-state index in [2.05, 4.69) is 17.4 Å². The number of amides is 1. The molecule has 0 aromatic heterocycles. The van der Waals surface area contributed by atoms with Crippen molar-refractivity contribution in [3.63, 3.8) is 0 Å². The number of aryl methyl sites for hydroxylation is 1. The Balaban J connectivity index is 1.85. The van der Waals surface area contributed by atoms with E-state index < -0.39 is 6.10 Å². The second-order valence-electron chi connectivity index (χ2n) is 5.31. The zero-order valence-corrected chi connectivity index (χ0v) is 13.2. The summed E-state index contributed by atoms with van der Waals surface area (Å²) in [7, 11) is 0. The molecule has 2 aromatic rings. The number of nitrogens with one attached hydrogen (secondary N) is 1. The molecule has 0 radical (unpaired) electrons. The Morgan fingerprint density at radius 3 is 2.45 bits per heavy atom. The Morgan fingerprint density at radius 2 is 1.77 bits per heavy atom. The van der Waals surface area contributed by atoms with Crippen LogP contribution in [0.25, 0.3) is 0 Å². The van der Waals surface area contributed by atoms with Gasteiger partial charge in [0.2, 0.25) is 0 Å². The normalized spacial score (nSPS) is 11.7. The van der Waals surface area contributed by atoms with Crippen LogP contribution in [0.1, 0.15) is 24.5 Å². The molecule has 0 spiro atoms. The molecule has 3 heteroatoms. The standard InChI is InChI=1S/C19H23NO2/c1-3-17(22-18-12-8-7-9-15(18)2)19(21)20-14-13-16-10-5-4-6-11-16/h4-12,17H,3,13-14H2,1-2H3,(H,20,21). The fraction of sp³-hybridized carbons (Fsp3) is 0.316. The quantitative estimate of drug-likeness (QED) is 0.849. The predicted octanol–water partition coefficient (Wildman–Crippen LogP) is 3.51. The highest BCUT2D eigenvalue weighted by molar-refractivity contribution is 5.81. The average Bonchev–Trinajstić information content (AvgIpc) is 2.55. The predicted molar refractivity (Wildman–Crippen MR) is 89.0 cm³/mol. The topological polar surface area (TPSA) is 38.3 Å². The van der Waals surface area contributed by atoms with Gasteiger partial charge in [-0.2, -0.15) is 0 Å². The number of carbonyl (C=O) groups excluding carboxylic acids is 1. The van der Waals surface area contributed by atoms with Gasteiger partial charge in [-0.3, -0.25) is 4.79 Å². The molecule has 0 heterocycles. The smallest absolute Gasteiger partial charge is 0.261 e. The number of hydrogen-bond donors (Lipinski definition) is 1. The van der Waals surface area contributed by atoms with Gasteiger partial charge in [0.05, 0.1) is 0 Å². The molecule has 2 aromatic carbocycles. The summed E-state index contributed by atoms with van der Waals surface area (Å²) in [5, 5.41) is 2.96. The minimum Gasteiger partial charge on any atom is -0.480 e. The van der Waals surface area contributed by atoms with E-state index in [0.717, 1.165) is 17.7 Å². The van der Waals surface area contributed by atoms with Crippen molar-refractivity contribution >= 4 is 5.91 Å². The fourth-order valence-corrected chi connectivity index (χ4v) is 2.25. The van der Waals surface area contributed by atoms with Crippen molar-refractivity contribution in [2.75, 3.05) is 6.54 Å². The first-order valence-electron chi connectivity index (χ1n) is 7.74. The molecule has 0 saturated heterocycles. The molecule has 0 bridgehead atoms. The Hall–Kier alpha value is -2.29. The van der Waals surface area contributed by atoms with Crippen molar-refractivity contribution < 1.29 is 9.53 Å². The lowest BCUT2D eigenvalue weighted by molar-refractivity contribution is -0.128. The van der Waals surface area contributed by atoms with E-state index in [9.17, 15) is 4.79 Å². The third kappa shape index (κ3) is 4.62. The van der Waals surface area contributed by atoms with Crippen LogP contribution in [0.4, 0.5) is 0 Å². The van der Waals surface area contributed by atoms with Gasteiger partial charge < -0.3 is 10.1 Å². The second-order valence-corrected chi connectivity index (χ2v) is 5.31. The van der Waals surface area contributed by atoms with Gasteiger partial charge in [0, 0.05) is 6.54 Å². The average molecular weight is 297 g/mol. The highest BCUT2D eigenvalue weighted by Crippen LogP contribution is 2.18. The van der Waals surface area contributed by atoms with E-state index in [0.29, 0.717) is 13.0 Å². The summed E-state index contributed by atoms with van der Waals surface area (Å²) in [5.41, 5.74) is 2.26. The summed E-state index contributed by atoms with van der Waals surface area (Å²) < 4.78 is 5.85. The van der Waals surface area contributed by atoms with Gasteiger partial charge in [0.15, 0.2) is 6.10 Å². The van der Waals surface area contributed by atoms with Gasteiger partial charge in [-0.15, -0.1) is 0 Å². The van der Waals surface area contributed by atoms with Crippen molar-refractivity contribution in [1.29, 1.82) is 0 Å². The third-order valence-corrected chi connectivity index (χ3v) is 3.58. The maximum Gasteiger partial charge on any atom is 0.261 e. The van der Waals surface area contributed by atoms with Gasteiger partial charge in [-0.25, -0.2) is 0 Å². The minimum absolute atomic E-state index is 0.0540. The van der Waals surface area contributed by atoms with Crippen LogP contribution in [-0.4, -0.2) is 18.6 Å². The van der Waals surface area contributed by atoms with Crippen LogP contribution in [0.5, 0.6) is 5.75 Å². The van der Waals surface area contributed by atoms with Crippen molar-refractivity contribution in [1.82, 2.24) is 5.32 Å². The first kappa shape index (κ1) is 16.1. The number of ether oxygens (including phenoxy) is 1. The largest absolute Gasteiger partial charge is 0.480 e. The van der Waals surface area contributed by atoms with Crippen LogP contribution in [0, 0.1) is 6.92 Å². The molecule has 0 aliphatic carbocycles. The van der Waals surface area contributed by atoms with Gasteiger partial charge in [-0.1, -0.05) is 55.5 Å². The third-order valence-electron chi connectivity index (χ3n) is 3.58. The molecule has 0 saturated carbocycles. The van der Waals surface area contributed by atoms with Gasteiger partial charge >= 0.3 is 0 Å². The van der Waals surface area contributed by atoms with E-state index in [4.69, 9.17) is 4.74 Å². The zero-order chi connectivity index (χ0) is 15.8. The van der Waals surface area contributed by atoms with Crippen LogP contribution in [0.15, 0.2) is 54.6 Å². The molecule has 1 atom stereocenters. The van der Waals surface area contributed by atoms with Crippen molar-refractivity contribution in [3.05, 3.63) is 65.7 Å². The lowest BCUT2D eigenvalue weighted by atomic mass is 10.1. The Kier molecular flexibility index (Phi) is 6.01. The Labute approximate surface area is 132 Å². The molecule has 0 aliphatic heterocycles. The summed E-state index contributed by atoms with van der Waals surface area (Å²) in [6, 6.07) is 17.9. The molecule has 1 N–H and O–H groups in total. The maximum absolute atomic E-state index is 12.2. The lowest BCUT2D eigenvalue weighted by Gasteiger charge is -2.18. The molecule has 3 nitrogen and oxygen atoms in total. The number of carbonyl (C=O) groups is 1. The summed E-state index contributed by atoms with van der Waals surface area (Å²) in [6.07, 6.45) is 1.02. The lowest BCUT2D eigenvalue weighted by Crippen LogP contribution is -2.39. The van der Waals surface area contributed by atoms with Crippen LogP contribution >= 0.6 is 0 Å². The van der Waals surface area contributed by atoms with Crippen LogP contribution in [0.3, 0.4) is 0 Å². The van der Waals surface area contributed by atoms with Crippen molar-refractivity contribution in [2.24, 2.45) is 0 Å². The molecule has 0 aliphatic rings. The van der Waals surface area contributed by atoms with E-state index in [-0.39, 0.29) is 5.91 Å². The Bertz CT molecular complexity index is 595. The summed E-state index contributed by atoms with van der Waals surface area (Å²) >= 11 is 0. The number of para-hydroxylation sites is 1. The van der Waals surface area contributed by atoms with Crippen molar-refractivity contribution in [2.45, 2.75) is 32.8 Å². The molecule has 0 fully saturated rings. The monoisotopic (exact) mass is 297 g/mol. The van der Waals surface area contributed by atoms with Crippen LogP contribution < -0.4 is 10.1 Å². The SMILES string of the molecule is CCC(Oc1ccccc1C)C(=O)NCCc1ccccc1. The highest BCUT2D eigenvalue weighted by Gasteiger charge is 2.18. The molecule has 1 amide bonds. The minimum atomic E-state index is -0.447. The molecule has 1 unspecified atom stereocenters. The summed E-state index contributed by atoms with van der Waals surface area (Å²) in [6.45, 7) is 4.56. The van der Waals surface area contributed by atoms with Gasteiger partial charge in [-0.05, 0) is 37.0 Å². The molecule has 22 heavy (non-hydrogen) atoms. The van der Waals surface area contributed by atoms with Crippen LogP contribution in [-0.2, 0) is 11.2 Å². The van der Waals surface area contributed by atoms with Crippen molar-refractivity contribution in [3.8, 4) is 5.75 Å². The van der Waals surface area contributed by atoms with E-state index >= 15 is 0 Å². The zero-order valence-electron chi connectivity index (χ0n) is 13.2. The molecular formula is C19H23NO2.